The van der Waals surface area contributed by atoms with E-state index in [4.69, 9.17) is 0 Å². The molecule has 1 saturated heterocycles. The SMILES string of the molecule is Cc1c(C(=O)N2CCCC2C(=O)N(C)C)sc2ccccc12. The number of carbonyl (C=O) groups is 2. The standard InChI is InChI=1S/C17H20N2O2S/c1-11-12-7-4-5-9-14(12)22-15(11)17(21)19-10-6-8-13(19)16(20)18(2)3/h4-5,7,9,13H,6,8,10H2,1-3H3. The van der Waals surface area contributed by atoms with E-state index in [1.54, 1.807) is 23.9 Å². The summed E-state index contributed by atoms with van der Waals surface area (Å²) in [5.41, 5.74) is 1.02. The number of nitrogens with zero attached hydrogens (tertiary/aromatic N) is 2. The fourth-order valence-electron chi connectivity index (χ4n) is 3.07. The molecule has 0 saturated carbocycles. The average molecular weight is 316 g/mol. The number of thiophene rings is 1. The lowest BCUT2D eigenvalue weighted by Crippen LogP contribution is -2.45. The van der Waals surface area contributed by atoms with E-state index in [0.717, 1.165) is 33.4 Å². The monoisotopic (exact) mass is 316 g/mol. The van der Waals surface area contributed by atoms with Gasteiger partial charge < -0.3 is 9.80 Å². The summed E-state index contributed by atoms with van der Waals surface area (Å²) in [6, 6.07) is 7.75. The second-order valence-corrected chi connectivity index (χ2v) is 6.99. The molecule has 3 rings (SSSR count). The lowest BCUT2D eigenvalue weighted by atomic mass is 10.1. The van der Waals surface area contributed by atoms with Crippen molar-refractivity contribution in [2.75, 3.05) is 20.6 Å². The third kappa shape index (κ3) is 2.39. The maximum absolute atomic E-state index is 12.9. The van der Waals surface area contributed by atoms with E-state index in [1.807, 2.05) is 31.2 Å². The summed E-state index contributed by atoms with van der Waals surface area (Å²) in [6.07, 6.45) is 1.65. The minimum Gasteiger partial charge on any atom is -0.347 e. The Morgan fingerprint density at radius 2 is 2.00 bits per heavy atom. The lowest BCUT2D eigenvalue weighted by molar-refractivity contribution is -0.132. The molecule has 0 bridgehead atoms. The van der Waals surface area contributed by atoms with Crippen molar-refractivity contribution in [1.29, 1.82) is 0 Å². The summed E-state index contributed by atoms with van der Waals surface area (Å²) >= 11 is 1.52. The number of hydrogen-bond acceptors (Lipinski definition) is 3. The van der Waals surface area contributed by atoms with Crippen LogP contribution in [0.2, 0.25) is 0 Å². The van der Waals surface area contributed by atoms with Crippen LogP contribution < -0.4 is 0 Å². The number of aryl methyl sites for hydroxylation is 1. The molecular formula is C17H20N2O2S. The van der Waals surface area contributed by atoms with E-state index in [2.05, 4.69) is 0 Å². The second-order valence-electron chi connectivity index (χ2n) is 5.94. The van der Waals surface area contributed by atoms with Gasteiger partial charge in [-0.05, 0) is 36.8 Å². The van der Waals surface area contributed by atoms with E-state index in [0.29, 0.717) is 6.54 Å². The maximum atomic E-state index is 12.9. The molecule has 4 nitrogen and oxygen atoms in total. The molecule has 22 heavy (non-hydrogen) atoms. The summed E-state index contributed by atoms with van der Waals surface area (Å²) in [5.74, 6) is 0.0148. The van der Waals surface area contributed by atoms with Crippen LogP contribution in [0.1, 0.15) is 28.1 Å². The van der Waals surface area contributed by atoms with Gasteiger partial charge in [0.2, 0.25) is 5.91 Å². The van der Waals surface area contributed by atoms with E-state index in [1.165, 1.54) is 11.3 Å². The molecule has 1 unspecified atom stereocenters. The Labute approximate surface area is 134 Å². The molecule has 0 spiro atoms. The number of carbonyl (C=O) groups excluding carboxylic acids is 2. The largest absolute Gasteiger partial charge is 0.347 e. The van der Waals surface area contributed by atoms with E-state index >= 15 is 0 Å². The van der Waals surface area contributed by atoms with Gasteiger partial charge in [-0.1, -0.05) is 18.2 Å². The van der Waals surface area contributed by atoms with Crippen molar-refractivity contribution < 1.29 is 9.59 Å². The molecule has 0 N–H and O–H groups in total. The topological polar surface area (TPSA) is 40.6 Å². The molecule has 2 heterocycles. The Hall–Kier alpha value is -1.88. The highest BCUT2D eigenvalue weighted by atomic mass is 32.1. The van der Waals surface area contributed by atoms with E-state index in [-0.39, 0.29) is 17.9 Å². The van der Waals surface area contributed by atoms with Gasteiger partial charge >= 0.3 is 0 Å². The van der Waals surface area contributed by atoms with Crippen molar-refractivity contribution in [2.24, 2.45) is 0 Å². The molecule has 1 aliphatic rings. The van der Waals surface area contributed by atoms with Crippen molar-refractivity contribution in [1.82, 2.24) is 9.80 Å². The minimum atomic E-state index is -0.313. The second kappa shape index (κ2) is 5.72. The lowest BCUT2D eigenvalue weighted by Gasteiger charge is -2.26. The third-order valence-electron chi connectivity index (χ3n) is 4.28. The van der Waals surface area contributed by atoms with Crippen molar-refractivity contribution in [3.8, 4) is 0 Å². The minimum absolute atomic E-state index is 0.00333. The molecule has 5 heteroatoms. The van der Waals surface area contributed by atoms with Gasteiger partial charge in [-0.15, -0.1) is 11.3 Å². The first-order valence-electron chi connectivity index (χ1n) is 7.51. The Bertz CT molecular complexity index is 735. The highest BCUT2D eigenvalue weighted by Gasteiger charge is 2.36. The van der Waals surface area contributed by atoms with Crippen LogP contribution in [0, 0.1) is 6.92 Å². The number of fused-ring (bicyclic) bond motifs is 1. The number of likely N-dealkylation sites (N-methyl/N-ethyl adjacent to an activating group) is 1. The van der Waals surface area contributed by atoms with Crippen LogP contribution in [0.4, 0.5) is 0 Å². The highest BCUT2D eigenvalue weighted by molar-refractivity contribution is 7.21. The predicted molar refractivity (Wildman–Crippen MR) is 89.3 cm³/mol. The molecule has 2 aromatic rings. The van der Waals surface area contributed by atoms with Crippen LogP contribution in [-0.2, 0) is 4.79 Å². The van der Waals surface area contributed by atoms with Crippen LogP contribution in [0.15, 0.2) is 24.3 Å². The summed E-state index contributed by atoms with van der Waals surface area (Å²) in [5, 5.41) is 1.13. The van der Waals surface area contributed by atoms with Gasteiger partial charge in [-0.3, -0.25) is 9.59 Å². The van der Waals surface area contributed by atoms with E-state index < -0.39 is 0 Å². The van der Waals surface area contributed by atoms with Gasteiger partial charge in [0.15, 0.2) is 0 Å². The molecule has 0 radical (unpaired) electrons. The zero-order chi connectivity index (χ0) is 15.9. The molecule has 116 valence electrons. The Kier molecular flexibility index (Phi) is 3.91. The smallest absolute Gasteiger partial charge is 0.264 e. The molecule has 1 atom stereocenters. The molecule has 1 aromatic carbocycles. The number of likely N-dealkylation sites (tertiary alicyclic amines) is 1. The van der Waals surface area contributed by atoms with Gasteiger partial charge in [0, 0.05) is 25.3 Å². The zero-order valence-electron chi connectivity index (χ0n) is 13.1. The Morgan fingerprint density at radius 1 is 1.27 bits per heavy atom. The molecule has 1 fully saturated rings. The first kappa shape index (κ1) is 15.0. The number of rotatable bonds is 2. The Balaban J connectivity index is 1.95. The van der Waals surface area contributed by atoms with Crippen molar-refractivity contribution >= 4 is 33.2 Å². The number of hydrogen-bond donors (Lipinski definition) is 0. The van der Waals surface area contributed by atoms with Crippen LogP contribution in [-0.4, -0.2) is 48.3 Å². The summed E-state index contributed by atoms with van der Waals surface area (Å²) in [4.78, 5) is 29.3. The molecule has 0 aliphatic carbocycles. The molecule has 1 aromatic heterocycles. The summed E-state index contributed by atoms with van der Waals surface area (Å²) in [7, 11) is 3.49. The fraction of sp³-hybridized carbons (Fsp3) is 0.412. The van der Waals surface area contributed by atoms with E-state index in [9.17, 15) is 9.59 Å². The van der Waals surface area contributed by atoms with Gasteiger partial charge in [0.1, 0.15) is 6.04 Å². The summed E-state index contributed by atoms with van der Waals surface area (Å²) in [6.45, 7) is 2.65. The quantitative estimate of drug-likeness (QED) is 0.855. The first-order chi connectivity index (χ1) is 10.5. The van der Waals surface area contributed by atoms with Crippen molar-refractivity contribution in [3.63, 3.8) is 0 Å². The normalized spacial score (nSPS) is 18.0. The number of amides is 2. The van der Waals surface area contributed by atoms with Gasteiger partial charge in [-0.25, -0.2) is 0 Å². The van der Waals surface area contributed by atoms with Crippen LogP contribution in [0.3, 0.4) is 0 Å². The van der Waals surface area contributed by atoms with Crippen molar-refractivity contribution in [3.05, 3.63) is 34.7 Å². The maximum Gasteiger partial charge on any atom is 0.264 e. The third-order valence-corrected chi connectivity index (χ3v) is 5.54. The van der Waals surface area contributed by atoms with Crippen LogP contribution in [0.5, 0.6) is 0 Å². The van der Waals surface area contributed by atoms with Crippen LogP contribution >= 0.6 is 11.3 Å². The highest BCUT2D eigenvalue weighted by Crippen LogP contribution is 2.33. The fourth-order valence-corrected chi connectivity index (χ4v) is 4.24. The van der Waals surface area contributed by atoms with Gasteiger partial charge in [0.05, 0.1) is 4.88 Å². The molecular weight excluding hydrogens is 296 g/mol. The summed E-state index contributed by atoms with van der Waals surface area (Å²) < 4.78 is 1.12. The average Bonchev–Trinajstić information content (AvgIpc) is 3.11. The van der Waals surface area contributed by atoms with Gasteiger partial charge in [-0.2, -0.15) is 0 Å². The zero-order valence-corrected chi connectivity index (χ0v) is 13.9. The van der Waals surface area contributed by atoms with Crippen LogP contribution in [0.25, 0.3) is 10.1 Å². The number of benzene rings is 1. The molecule has 1 aliphatic heterocycles. The predicted octanol–water partition coefficient (Wildman–Crippen LogP) is 2.90. The Morgan fingerprint density at radius 3 is 2.68 bits per heavy atom. The van der Waals surface area contributed by atoms with Crippen molar-refractivity contribution in [2.45, 2.75) is 25.8 Å². The first-order valence-corrected chi connectivity index (χ1v) is 8.32. The molecule has 2 amide bonds. The van der Waals surface area contributed by atoms with Gasteiger partial charge in [0.25, 0.3) is 5.91 Å².